The largest absolute Gasteiger partial charge is 0.489 e. The number of unbranched alkanes of at least 4 members (excludes halogenated alkanes) is 2. The lowest BCUT2D eigenvalue weighted by atomic mass is 9.71. The molecular formula is C39H62O4Si2. The average molecular weight is 651 g/mol. The molecular weight excluding hydrogens is 589 g/mol. The van der Waals surface area contributed by atoms with E-state index in [1.807, 2.05) is 30.3 Å². The Bertz CT molecular complexity index is 1240. The Morgan fingerprint density at radius 1 is 0.978 bits per heavy atom. The molecule has 4 atom stereocenters. The molecule has 1 saturated carbocycles. The second-order valence-electron chi connectivity index (χ2n) is 16.1. The summed E-state index contributed by atoms with van der Waals surface area (Å²) in [5.41, 5.74) is 1.27. The van der Waals surface area contributed by atoms with Crippen molar-refractivity contribution in [2.24, 2.45) is 17.3 Å². The highest BCUT2D eigenvalue weighted by atomic mass is 28.4. The van der Waals surface area contributed by atoms with Gasteiger partial charge in [-0.3, -0.25) is 4.79 Å². The highest BCUT2D eigenvalue weighted by Crippen LogP contribution is 2.51. The fourth-order valence-electron chi connectivity index (χ4n) is 6.35. The number of Topliss-reactive ketones (excluding diaryl/α,β-unsaturated/α-hetero) is 1. The maximum Gasteiger partial charge on any atom is 0.192 e. The minimum absolute atomic E-state index is 0.0366. The third kappa shape index (κ3) is 10.2. The predicted molar refractivity (Wildman–Crippen MR) is 195 cm³/mol. The smallest absolute Gasteiger partial charge is 0.192 e. The summed E-state index contributed by atoms with van der Waals surface area (Å²) in [6.45, 7) is 25.6. The Balaban J connectivity index is 2.01. The molecule has 1 fully saturated rings. The Hall–Kier alpha value is -2.00. The number of ketones is 1. The lowest BCUT2D eigenvalue weighted by Gasteiger charge is -2.41. The van der Waals surface area contributed by atoms with Gasteiger partial charge in [0.25, 0.3) is 0 Å². The average Bonchev–Trinajstić information content (AvgIpc) is 3.21. The first kappa shape index (κ1) is 37.5. The number of ether oxygens (including phenoxy) is 1. The van der Waals surface area contributed by atoms with Crippen molar-refractivity contribution < 1.29 is 18.4 Å². The first-order valence-corrected chi connectivity index (χ1v) is 23.0. The van der Waals surface area contributed by atoms with Crippen LogP contribution in [0.5, 0.6) is 5.75 Å². The SMILES string of the molecule is CCCCC[C@@H](/C=C/[C@H]1[C@H](C(C)(C)C)CC(=O)[C@]1(Cc1cccc(OCc2ccccc2)c1)O[SiH](C)C)O[Si](C)(C)C(C)(C)C. The molecule has 2 aromatic carbocycles. The molecule has 1 aliphatic rings. The van der Waals surface area contributed by atoms with E-state index in [0.717, 1.165) is 29.7 Å². The topological polar surface area (TPSA) is 44.8 Å². The number of rotatable bonds is 15. The van der Waals surface area contributed by atoms with E-state index in [9.17, 15) is 4.79 Å². The van der Waals surface area contributed by atoms with Gasteiger partial charge < -0.3 is 13.6 Å². The maximum absolute atomic E-state index is 14.3. The summed E-state index contributed by atoms with van der Waals surface area (Å²) < 4.78 is 20.2. The van der Waals surface area contributed by atoms with Crippen molar-refractivity contribution in [1.29, 1.82) is 0 Å². The molecule has 2 aromatic rings. The van der Waals surface area contributed by atoms with Crippen molar-refractivity contribution in [3.8, 4) is 5.75 Å². The predicted octanol–water partition coefficient (Wildman–Crippen LogP) is 10.3. The lowest BCUT2D eigenvalue weighted by Crippen LogP contribution is -2.49. The molecule has 0 N–H and O–H groups in total. The van der Waals surface area contributed by atoms with E-state index in [4.69, 9.17) is 13.6 Å². The van der Waals surface area contributed by atoms with Gasteiger partial charge in [-0.2, -0.15) is 0 Å². The monoisotopic (exact) mass is 650 g/mol. The van der Waals surface area contributed by atoms with Crippen LogP contribution in [-0.4, -0.2) is 34.8 Å². The molecule has 0 saturated heterocycles. The van der Waals surface area contributed by atoms with Crippen LogP contribution in [0.1, 0.15) is 91.7 Å². The van der Waals surface area contributed by atoms with Crippen LogP contribution in [0.3, 0.4) is 0 Å². The van der Waals surface area contributed by atoms with Gasteiger partial charge in [-0.1, -0.05) is 122 Å². The van der Waals surface area contributed by atoms with Crippen LogP contribution in [0.15, 0.2) is 66.7 Å². The number of carbonyl (C=O) groups is 1. The first-order chi connectivity index (χ1) is 21.0. The van der Waals surface area contributed by atoms with Crippen molar-refractivity contribution >= 4 is 23.1 Å². The quantitative estimate of drug-likeness (QED) is 0.109. The molecule has 45 heavy (non-hydrogen) atoms. The van der Waals surface area contributed by atoms with Crippen LogP contribution in [0.25, 0.3) is 0 Å². The van der Waals surface area contributed by atoms with E-state index in [-0.39, 0.29) is 34.2 Å². The highest BCUT2D eigenvalue weighted by Gasteiger charge is 2.57. The molecule has 0 spiro atoms. The van der Waals surface area contributed by atoms with Crippen LogP contribution >= 0.6 is 0 Å². The zero-order valence-corrected chi connectivity index (χ0v) is 32.4. The molecule has 250 valence electrons. The van der Waals surface area contributed by atoms with Gasteiger partial charge >= 0.3 is 0 Å². The van der Waals surface area contributed by atoms with Crippen LogP contribution in [0.2, 0.25) is 31.2 Å². The first-order valence-electron chi connectivity index (χ1n) is 17.3. The zero-order chi connectivity index (χ0) is 33.5. The normalized spacial score (nSPS) is 22.0. The van der Waals surface area contributed by atoms with Crippen molar-refractivity contribution in [3.05, 3.63) is 77.9 Å². The Kier molecular flexibility index (Phi) is 13.1. The summed E-state index contributed by atoms with van der Waals surface area (Å²) >= 11 is 0. The number of hydrogen-bond acceptors (Lipinski definition) is 4. The lowest BCUT2D eigenvalue weighted by molar-refractivity contribution is -0.132. The molecule has 0 heterocycles. The van der Waals surface area contributed by atoms with Gasteiger partial charge in [-0.15, -0.1) is 0 Å². The summed E-state index contributed by atoms with van der Waals surface area (Å²) in [5.74, 6) is 1.19. The van der Waals surface area contributed by atoms with E-state index in [1.165, 1.54) is 12.8 Å². The molecule has 0 radical (unpaired) electrons. The molecule has 6 heteroatoms. The Labute approximate surface area is 278 Å². The molecule has 4 nitrogen and oxygen atoms in total. The minimum Gasteiger partial charge on any atom is -0.489 e. The summed E-state index contributed by atoms with van der Waals surface area (Å²) in [7, 11) is -3.59. The standard InChI is InChI=1S/C39H62O4Si2/c1-12-13-15-22-32(42-45(10,11)38(5,6)7)24-25-34-35(37(2,3)4)27-36(40)39(34,43-44(8)9)28-31-21-18-23-33(26-31)41-29-30-19-16-14-17-20-30/h14,16-21,23-26,32,34-35,44H,12-13,15,22,27-29H2,1-11H3/b25-24+/t32-,34-,35+,39+/m0/s1. The molecule has 0 bridgehead atoms. The molecule has 0 amide bonds. The molecule has 0 aliphatic heterocycles. The van der Waals surface area contributed by atoms with Gasteiger partial charge in [-0.25, -0.2) is 0 Å². The van der Waals surface area contributed by atoms with Crippen molar-refractivity contribution in [3.63, 3.8) is 0 Å². The van der Waals surface area contributed by atoms with Gasteiger partial charge in [0.2, 0.25) is 0 Å². The fraction of sp³-hybridized carbons (Fsp3) is 0.615. The summed E-state index contributed by atoms with van der Waals surface area (Å²) in [6, 6.07) is 18.5. The third-order valence-corrected chi connectivity index (χ3v) is 15.3. The van der Waals surface area contributed by atoms with Crippen LogP contribution < -0.4 is 4.74 Å². The maximum atomic E-state index is 14.3. The second kappa shape index (κ2) is 15.7. The van der Waals surface area contributed by atoms with Crippen molar-refractivity contribution in [2.45, 2.75) is 137 Å². The number of benzene rings is 2. The van der Waals surface area contributed by atoms with Crippen LogP contribution in [0.4, 0.5) is 0 Å². The number of hydrogen-bond donors (Lipinski definition) is 0. The second-order valence-corrected chi connectivity index (χ2v) is 23.2. The molecule has 0 unspecified atom stereocenters. The van der Waals surface area contributed by atoms with Gasteiger partial charge in [0.1, 0.15) is 18.0 Å². The molecule has 1 aliphatic carbocycles. The van der Waals surface area contributed by atoms with E-state index in [0.29, 0.717) is 19.4 Å². The Morgan fingerprint density at radius 2 is 1.64 bits per heavy atom. The van der Waals surface area contributed by atoms with E-state index >= 15 is 0 Å². The summed E-state index contributed by atoms with van der Waals surface area (Å²) in [4.78, 5) is 14.3. The van der Waals surface area contributed by atoms with Crippen molar-refractivity contribution in [1.82, 2.24) is 0 Å². The van der Waals surface area contributed by atoms with Gasteiger partial charge in [0, 0.05) is 18.8 Å². The minimum atomic E-state index is -1.99. The molecule has 3 rings (SSSR count). The van der Waals surface area contributed by atoms with E-state index in [1.54, 1.807) is 0 Å². The fourth-order valence-corrected chi connectivity index (χ4v) is 8.87. The van der Waals surface area contributed by atoms with Crippen LogP contribution in [-0.2, 0) is 26.7 Å². The van der Waals surface area contributed by atoms with Gasteiger partial charge in [0.15, 0.2) is 23.1 Å². The van der Waals surface area contributed by atoms with Crippen molar-refractivity contribution in [2.75, 3.05) is 0 Å². The van der Waals surface area contributed by atoms with E-state index < -0.39 is 23.0 Å². The summed E-state index contributed by atoms with van der Waals surface area (Å²) in [6.07, 6.45) is 10.3. The van der Waals surface area contributed by atoms with Crippen LogP contribution in [0, 0.1) is 17.3 Å². The number of carbonyl (C=O) groups excluding carboxylic acids is 1. The highest BCUT2D eigenvalue weighted by molar-refractivity contribution is 6.74. The Morgan fingerprint density at radius 3 is 2.24 bits per heavy atom. The third-order valence-electron chi connectivity index (χ3n) is 9.90. The van der Waals surface area contributed by atoms with E-state index in [2.05, 4.69) is 111 Å². The zero-order valence-electron chi connectivity index (χ0n) is 30.2. The van der Waals surface area contributed by atoms with Gasteiger partial charge in [0.05, 0.1) is 6.10 Å². The summed E-state index contributed by atoms with van der Waals surface area (Å²) in [5, 5.41) is 0.130. The van der Waals surface area contributed by atoms with Gasteiger partial charge in [-0.05, 0) is 72.2 Å². The molecule has 0 aromatic heterocycles.